The van der Waals surface area contributed by atoms with Crippen molar-refractivity contribution < 1.29 is 0 Å². The Balaban J connectivity index is 2.44. The van der Waals surface area contributed by atoms with Crippen LogP contribution in [-0.4, -0.2) is 11.4 Å². The van der Waals surface area contributed by atoms with Gasteiger partial charge >= 0.3 is 0 Å². The molecule has 2 aliphatic heterocycles. The lowest BCUT2D eigenvalue weighted by Crippen LogP contribution is -2.23. The second-order valence-corrected chi connectivity index (χ2v) is 3.39. The maximum atomic E-state index is 2.28. The van der Waals surface area contributed by atoms with Gasteiger partial charge in [-0.1, -0.05) is 17.7 Å². The summed E-state index contributed by atoms with van der Waals surface area (Å²) in [6.45, 7) is 5.37. The fourth-order valence-corrected chi connectivity index (χ4v) is 1.73. The fourth-order valence-electron chi connectivity index (χ4n) is 1.73. The van der Waals surface area contributed by atoms with Crippen LogP contribution in [-0.2, 0) is 0 Å². The van der Waals surface area contributed by atoms with E-state index in [9.17, 15) is 0 Å². The molecule has 0 fully saturated rings. The van der Waals surface area contributed by atoms with Crippen molar-refractivity contribution in [2.75, 3.05) is 6.54 Å². The Morgan fingerprint density at radius 2 is 2.08 bits per heavy atom. The van der Waals surface area contributed by atoms with E-state index in [2.05, 4.69) is 49.3 Å². The molecule has 12 heavy (non-hydrogen) atoms. The lowest BCUT2D eigenvalue weighted by molar-refractivity contribution is 0.503. The van der Waals surface area contributed by atoms with Crippen molar-refractivity contribution in [3.8, 4) is 0 Å². The second-order valence-electron chi connectivity index (χ2n) is 3.39. The smallest absolute Gasteiger partial charge is 0.0438 e. The van der Waals surface area contributed by atoms with Gasteiger partial charge in [-0.25, -0.2) is 0 Å². The summed E-state index contributed by atoms with van der Waals surface area (Å²) in [6, 6.07) is 0. The lowest BCUT2D eigenvalue weighted by Gasteiger charge is -2.29. The SMILES string of the molecule is CC1=CC(C)=C2C=CC=CN2C1. The largest absolute Gasteiger partial charge is 0.344 e. The summed E-state index contributed by atoms with van der Waals surface area (Å²) in [7, 11) is 0. The number of allylic oxidation sites excluding steroid dienone is 5. The zero-order chi connectivity index (χ0) is 8.55. The van der Waals surface area contributed by atoms with Crippen LogP contribution in [0.5, 0.6) is 0 Å². The van der Waals surface area contributed by atoms with Crippen LogP contribution in [0.15, 0.2) is 47.3 Å². The third-order valence-electron chi connectivity index (χ3n) is 2.23. The van der Waals surface area contributed by atoms with Gasteiger partial charge in [0.1, 0.15) is 0 Å². The van der Waals surface area contributed by atoms with Crippen LogP contribution in [0.4, 0.5) is 0 Å². The van der Waals surface area contributed by atoms with Crippen LogP contribution < -0.4 is 0 Å². The molecule has 0 atom stereocenters. The van der Waals surface area contributed by atoms with Crippen molar-refractivity contribution in [3.63, 3.8) is 0 Å². The van der Waals surface area contributed by atoms with Gasteiger partial charge in [0.05, 0.1) is 0 Å². The molecule has 1 heteroatoms. The average Bonchev–Trinajstić information content (AvgIpc) is 2.04. The Labute approximate surface area is 73.4 Å². The van der Waals surface area contributed by atoms with Gasteiger partial charge in [0.2, 0.25) is 0 Å². The Morgan fingerprint density at radius 3 is 2.92 bits per heavy atom. The zero-order valence-electron chi connectivity index (χ0n) is 7.54. The van der Waals surface area contributed by atoms with Crippen LogP contribution in [0.2, 0.25) is 0 Å². The van der Waals surface area contributed by atoms with Gasteiger partial charge in [0.25, 0.3) is 0 Å². The van der Waals surface area contributed by atoms with E-state index in [1.54, 1.807) is 0 Å². The summed E-state index contributed by atoms with van der Waals surface area (Å²) in [5, 5.41) is 0. The minimum absolute atomic E-state index is 1.04. The number of hydrogen-bond acceptors (Lipinski definition) is 1. The van der Waals surface area contributed by atoms with Gasteiger partial charge in [-0.2, -0.15) is 0 Å². The van der Waals surface area contributed by atoms with E-state index in [-0.39, 0.29) is 0 Å². The first-order chi connectivity index (χ1) is 5.77. The van der Waals surface area contributed by atoms with E-state index in [0.717, 1.165) is 6.54 Å². The first kappa shape index (κ1) is 7.41. The molecule has 2 rings (SSSR count). The first-order valence-electron chi connectivity index (χ1n) is 4.27. The highest BCUT2D eigenvalue weighted by atomic mass is 15.1. The molecular formula is C11H13N. The molecule has 0 bridgehead atoms. The minimum atomic E-state index is 1.04. The molecule has 2 heterocycles. The predicted octanol–water partition coefficient (Wildman–Crippen LogP) is 2.61. The van der Waals surface area contributed by atoms with Crippen molar-refractivity contribution >= 4 is 0 Å². The molecule has 0 aliphatic carbocycles. The van der Waals surface area contributed by atoms with Crippen LogP contribution in [0, 0.1) is 0 Å². The fraction of sp³-hybridized carbons (Fsp3) is 0.273. The molecule has 0 amide bonds. The molecule has 0 radical (unpaired) electrons. The molecule has 0 spiro atoms. The maximum Gasteiger partial charge on any atom is 0.0438 e. The maximum absolute atomic E-state index is 2.28. The Kier molecular flexibility index (Phi) is 1.65. The summed E-state index contributed by atoms with van der Waals surface area (Å²) >= 11 is 0. The van der Waals surface area contributed by atoms with Crippen LogP contribution in [0.3, 0.4) is 0 Å². The molecule has 2 aliphatic rings. The molecule has 0 aromatic carbocycles. The monoisotopic (exact) mass is 159 g/mol. The van der Waals surface area contributed by atoms with E-state index in [1.165, 1.54) is 16.8 Å². The Hall–Kier alpha value is -1.24. The quantitative estimate of drug-likeness (QED) is 0.525. The number of fused-ring (bicyclic) bond motifs is 1. The summed E-state index contributed by atoms with van der Waals surface area (Å²) < 4.78 is 0. The number of nitrogens with zero attached hydrogens (tertiary/aromatic N) is 1. The van der Waals surface area contributed by atoms with Gasteiger partial charge in [-0.05, 0) is 31.6 Å². The Bertz CT molecular complexity index is 316. The molecule has 0 saturated carbocycles. The molecule has 62 valence electrons. The van der Waals surface area contributed by atoms with Crippen molar-refractivity contribution in [2.24, 2.45) is 0 Å². The molecule has 0 aromatic rings. The average molecular weight is 159 g/mol. The van der Waals surface area contributed by atoms with Crippen molar-refractivity contribution in [1.82, 2.24) is 4.90 Å². The highest BCUT2D eigenvalue weighted by Gasteiger charge is 2.13. The zero-order valence-corrected chi connectivity index (χ0v) is 7.54. The van der Waals surface area contributed by atoms with Gasteiger partial charge in [0, 0.05) is 18.4 Å². The minimum Gasteiger partial charge on any atom is -0.344 e. The van der Waals surface area contributed by atoms with Gasteiger partial charge < -0.3 is 4.90 Å². The van der Waals surface area contributed by atoms with Gasteiger partial charge in [0.15, 0.2) is 0 Å². The third kappa shape index (κ3) is 1.11. The van der Waals surface area contributed by atoms with Crippen molar-refractivity contribution in [2.45, 2.75) is 13.8 Å². The molecular weight excluding hydrogens is 146 g/mol. The van der Waals surface area contributed by atoms with Crippen molar-refractivity contribution in [1.29, 1.82) is 0 Å². The number of rotatable bonds is 0. The van der Waals surface area contributed by atoms with Gasteiger partial charge in [-0.3, -0.25) is 0 Å². The van der Waals surface area contributed by atoms with E-state index >= 15 is 0 Å². The topological polar surface area (TPSA) is 3.24 Å². The summed E-state index contributed by atoms with van der Waals surface area (Å²) in [6.07, 6.45) is 10.7. The van der Waals surface area contributed by atoms with Crippen LogP contribution in [0.25, 0.3) is 0 Å². The molecule has 0 unspecified atom stereocenters. The lowest BCUT2D eigenvalue weighted by atomic mass is 10.0. The van der Waals surface area contributed by atoms with Crippen LogP contribution >= 0.6 is 0 Å². The molecule has 1 nitrogen and oxygen atoms in total. The Morgan fingerprint density at radius 1 is 1.25 bits per heavy atom. The van der Waals surface area contributed by atoms with E-state index in [0.29, 0.717) is 0 Å². The standard InChI is InChI=1S/C11H13N/c1-9-7-10(2)11-5-3-4-6-12(11)8-9/h3-7H,8H2,1-2H3. The summed E-state index contributed by atoms with van der Waals surface area (Å²) in [5.41, 5.74) is 4.12. The van der Waals surface area contributed by atoms with Gasteiger partial charge in [-0.15, -0.1) is 0 Å². The normalized spacial score (nSPS) is 21.2. The predicted molar refractivity (Wildman–Crippen MR) is 51.4 cm³/mol. The number of hydrogen-bond donors (Lipinski definition) is 0. The highest BCUT2D eigenvalue weighted by Crippen LogP contribution is 2.23. The molecule has 0 saturated heterocycles. The summed E-state index contributed by atoms with van der Waals surface area (Å²) in [5.74, 6) is 0. The third-order valence-corrected chi connectivity index (χ3v) is 2.23. The summed E-state index contributed by atoms with van der Waals surface area (Å²) in [4.78, 5) is 2.28. The van der Waals surface area contributed by atoms with Crippen molar-refractivity contribution in [3.05, 3.63) is 47.3 Å². The highest BCUT2D eigenvalue weighted by molar-refractivity contribution is 5.41. The van der Waals surface area contributed by atoms with E-state index < -0.39 is 0 Å². The second kappa shape index (κ2) is 2.67. The van der Waals surface area contributed by atoms with E-state index in [4.69, 9.17) is 0 Å². The molecule has 0 aromatic heterocycles. The first-order valence-corrected chi connectivity index (χ1v) is 4.27. The van der Waals surface area contributed by atoms with Crippen LogP contribution in [0.1, 0.15) is 13.8 Å². The molecule has 0 N–H and O–H groups in total. The van der Waals surface area contributed by atoms with E-state index in [1.807, 2.05) is 0 Å².